The van der Waals surface area contributed by atoms with E-state index in [0.717, 1.165) is 22.7 Å². The van der Waals surface area contributed by atoms with Crippen LogP contribution in [-0.4, -0.2) is 4.57 Å². The number of aromatic nitrogens is 1. The largest absolute Gasteiger partial charge is 0.310 e. The first-order valence-corrected chi connectivity index (χ1v) is 15.1. The molecule has 0 aliphatic carbocycles. The number of anilines is 3. The fourth-order valence-corrected chi connectivity index (χ4v) is 7.01. The molecule has 2 heteroatoms. The molecule has 1 aromatic heterocycles. The summed E-state index contributed by atoms with van der Waals surface area (Å²) in [4.78, 5) is 2.38. The van der Waals surface area contributed by atoms with E-state index < -0.39 is 0 Å². The van der Waals surface area contributed by atoms with Gasteiger partial charge in [0.2, 0.25) is 0 Å². The van der Waals surface area contributed by atoms with Gasteiger partial charge in [0.15, 0.2) is 0 Å². The van der Waals surface area contributed by atoms with Crippen LogP contribution in [0, 0.1) is 0 Å². The van der Waals surface area contributed by atoms with E-state index in [-0.39, 0.29) is 0 Å². The van der Waals surface area contributed by atoms with Crippen LogP contribution >= 0.6 is 0 Å². The lowest BCUT2D eigenvalue weighted by atomic mass is 9.94. The van der Waals surface area contributed by atoms with Crippen LogP contribution in [0.4, 0.5) is 17.1 Å². The van der Waals surface area contributed by atoms with Crippen molar-refractivity contribution < 1.29 is 0 Å². The van der Waals surface area contributed by atoms with E-state index in [9.17, 15) is 0 Å². The molecule has 0 unspecified atom stereocenters. The fourth-order valence-electron chi connectivity index (χ4n) is 7.01. The molecule has 0 saturated carbocycles. The highest BCUT2D eigenvalue weighted by Gasteiger charge is 2.18. The number of nitrogens with zero attached hydrogens (tertiary/aromatic N) is 2. The molecule has 0 bridgehead atoms. The Morgan fingerprint density at radius 3 is 1.41 bits per heavy atom. The van der Waals surface area contributed by atoms with Crippen molar-refractivity contribution >= 4 is 71.2 Å². The van der Waals surface area contributed by atoms with E-state index in [1.54, 1.807) is 0 Å². The summed E-state index contributed by atoms with van der Waals surface area (Å²) in [5.41, 5.74) is 6.93. The first-order chi connectivity index (χ1) is 21.8. The van der Waals surface area contributed by atoms with Crippen molar-refractivity contribution in [3.63, 3.8) is 0 Å². The molecule has 9 aromatic rings. The maximum Gasteiger partial charge on any atom is 0.0561 e. The average molecular weight is 561 g/mol. The predicted octanol–water partition coefficient (Wildman–Crippen LogP) is 11.7. The maximum absolute atomic E-state index is 2.39. The molecule has 0 saturated heterocycles. The second-order valence-corrected chi connectivity index (χ2v) is 11.4. The molecule has 0 aliphatic heterocycles. The quantitative estimate of drug-likeness (QED) is 0.194. The lowest BCUT2D eigenvalue weighted by Gasteiger charge is -2.26. The third-order valence-corrected chi connectivity index (χ3v) is 8.93. The lowest BCUT2D eigenvalue weighted by Crippen LogP contribution is -2.10. The van der Waals surface area contributed by atoms with Crippen LogP contribution in [0.2, 0.25) is 0 Å². The van der Waals surface area contributed by atoms with Crippen LogP contribution in [0.15, 0.2) is 170 Å². The third-order valence-electron chi connectivity index (χ3n) is 8.93. The molecule has 0 N–H and O–H groups in total. The number of hydrogen-bond acceptors (Lipinski definition) is 1. The zero-order valence-electron chi connectivity index (χ0n) is 24.1. The Kier molecular flexibility index (Phi) is 5.54. The molecule has 0 radical (unpaired) electrons. The second kappa shape index (κ2) is 9.86. The molecule has 0 fully saturated rings. The fraction of sp³-hybridized carbons (Fsp3) is 0. The first-order valence-electron chi connectivity index (χ1n) is 15.1. The van der Waals surface area contributed by atoms with Crippen LogP contribution in [0.3, 0.4) is 0 Å². The summed E-state index contributed by atoms with van der Waals surface area (Å²) in [6.45, 7) is 0. The van der Waals surface area contributed by atoms with E-state index in [1.807, 2.05) is 0 Å². The Labute approximate surface area is 255 Å². The van der Waals surface area contributed by atoms with Crippen molar-refractivity contribution in [2.75, 3.05) is 4.90 Å². The highest BCUT2D eigenvalue weighted by atomic mass is 15.1. The summed E-state index contributed by atoms with van der Waals surface area (Å²) in [5, 5.41) is 10.2. The van der Waals surface area contributed by atoms with Gasteiger partial charge in [-0.2, -0.15) is 0 Å². The molecule has 206 valence electrons. The number of fused-ring (bicyclic) bond motifs is 9. The Morgan fingerprint density at radius 2 is 0.750 bits per heavy atom. The molecule has 8 aromatic carbocycles. The highest BCUT2D eigenvalue weighted by molar-refractivity contribution is 6.25. The normalized spacial score (nSPS) is 11.6. The molecular formula is C42H28N2. The van der Waals surface area contributed by atoms with Crippen LogP contribution in [-0.2, 0) is 0 Å². The first kappa shape index (κ1) is 24.7. The molecule has 2 nitrogen and oxygen atoms in total. The second-order valence-electron chi connectivity index (χ2n) is 11.4. The van der Waals surface area contributed by atoms with Gasteiger partial charge in [-0.25, -0.2) is 0 Å². The molecular weight excluding hydrogens is 532 g/mol. The Balaban J connectivity index is 1.33. The SMILES string of the molecule is c1ccc(N(c2ccc3c4ccccc4c4ccccc4c3c2)c2ccc3c4ccccc4n(-c4ccccc4)c3c2)cc1. The van der Waals surface area contributed by atoms with E-state index in [2.05, 4.69) is 179 Å². The van der Waals surface area contributed by atoms with Gasteiger partial charge in [0.05, 0.1) is 11.0 Å². The van der Waals surface area contributed by atoms with Crippen LogP contribution in [0.1, 0.15) is 0 Å². The summed E-state index contributed by atoms with van der Waals surface area (Å²) in [6, 6.07) is 61.5. The van der Waals surface area contributed by atoms with Gasteiger partial charge >= 0.3 is 0 Å². The topological polar surface area (TPSA) is 8.17 Å². The van der Waals surface area contributed by atoms with Crippen LogP contribution in [0.5, 0.6) is 0 Å². The van der Waals surface area contributed by atoms with Crippen molar-refractivity contribution in [1.82, 2.24) is 4.57 Å². The van der Waals surface area contributed by atoms with E-state index in [4.69, 9.17) is 0 Å². The molecule has 9 rings (SSSR count). The van der Waals surface area contributed by atoms with Gasteiger partial charge in [-0.3, -0.25) is 0 Å². The van der Waals surface area contributed by atoms with Crippen molar-refractivity contribution in [3.8, 4) is 5.69 Å². The van der Waals surface area contributed by atoms with Crippen LogP contribution in [0.25, 0.3) is 59.8 Å². The van der Waals surface area contributed by atoms with E-state index >= 15 is 0 Å². The summed E-state index contributed by atoms with van der Waals surface area (Å²) in [6.07, 6.45) is 0. The van der Waals surface area contributed by atoms with Gasteiger partial charge in [0.25, 0.3) is 0 Å². The molecule has 44 heavy (non-hydrogen) atoms. The minimum atomic E-state index is 1.12. The van der Waals surface area contributed by atoms with Gasteiger partial charge in [0.1, 0.15) is 0 Å². The molecule has 1 heterocycles. The van der Waals surface area contributed by atoms with Crippen LogP contribution < -0.4 is 4.90 Å². The van der Waals surface area contributed by atoms with Crippen molar-refractivity contribution in [3.05, 3.63) is 170 Å². The Bertz CT molecular complexity index is 2460. The van der Waals surface area contributed by atoms with Gasteiger partial charge < -0.3 is 9.47 Å². The number of rotatable bonds is 4. The molecule has 0 spiro atoms. The van der Waals surface area contributed by atoms with Crippen molar-refractivity contribution in [1.29, 1.82) is 0 Å². The van der Waals surface area contributed by atoms with Gasteiger partial charge in [-0.1, -0.05) is 115 Å². The van der Waals surface area contributed by atoms with E-state index in [1.165, 1.54) is 54.1 Å². The summed E-state index contributed by atoms with van der Waals surface area (Å²) in [7, 11) is 0. The number of hydrogen-bond donors (Lipinski definition) is 0. The smallest absolute Gasteiger partial charge is 0.0561 e. The summed E-state index contributed by atoms with van der Waals surface area (Å²) in [5.74, 6) is 0. The summed E-state index contributed by atoms with van der Waals surface area (Å²) >= 11 is 0. The number of benzene rings is 8. The third kappa shape index (κ3) is 3.75. The van der Waals surface area contributed by atoms with E-state index in [0.29, 0.717) is 0 Å². The predicted molar refractivity (Wildman–Crippen MR) is 188 cm³/mol. The zero-order chi connectivity index (χ0) is 29.0. The lowest BCUT2D eigenvalue weighted by molar-refractivity contribution is 1.18. The highest BCUT2D eigenvalue weighted by Crippen LogP contribution is 2.42. The zero-order valence-corrected chi connectivity index (χ0v) is 24.1. The Hall–Kier alpha value is -5.86. The minimum Gasteiger partial charge on any atom is -0.310 e. The van der Waals surface area contributed by atoms with Gasteiger partial charge in [-0.15, -0.1) is 0 Å². The van der Waals surface area contributed by atoms with Gasteiger partial charge in [-0.05, 0) is 86.9 Å². The molecule has 0 atom stereocenters. The van der Waals surface area contributed by atoms with Crippen molar-refractivity contribution in [2.45, 2.75) is 0 Å². The van der Waals surface area contributed by atoms with Crippen molar-refractivity contribution in [2.24, 2.45) is 0 Å². The monoisotopic (exact) mass is 560 g/mol. The van der Waals surface area contributed by atoms with Gasteiger partial charge in [0, 0.05) is 33.5 Å². The molecule has 0 amide bonds. The standard InChI is InChI=1S/C42H28N2/c1-3-13-29(14-4-1)43(31-23-25-37-35-19-8-7-17-33(35)34-18-9-10-20-36(34)40(37)27-31)32-24-26-39-38-21-11-12-22-41(38)44(42(39)28-32)30-15-5-2-6-16-30/h1-28H. The Morgan fingerprint density at radius 1 is 0.295 bits per heavy atom. The average Bonchev–Trinajstić information content (AvgIpc) is 3.43. The number of para-hydroxylation sites is 3. The minimum absolute atomic E-state index is 1.12. The summed E-state index contributed by atoms with van der Waals surface area (Å²) < 4.78 is 2.39. The maximum atomic E-state index is 2.39. The molecule has 0 aliphatic rings.